The van der Waals surface area contributed by atoms with Crippen molar-refractivity contribution < 1.29 is 8.85 Å². The maximum absolute atomic E-state index is 7.08. The Hall–Kier alpha value is -1.89. The first kappa shape index (κ1) is 30.1. The van der Waals surface area contributed by atoms with Crippen molar-refractivity contribution in [2.24, 2.45) is 11.8 Å². The van der Waals surface area contributed by atoms with E-state index in [2.05, 4.69) is 114 Å². The lowest BCUT2D eigenvalue weighted by Crippen LogP contribution is -2.66. The Morgan fingerprint density at radius 1 is 0.744 bits per heavy atom. The Bertz CT molecular complexity index is 1050. The summed E-state index contributed by atoms with van der Waals surface area (Å²) in [5, 5.41) is 2.80. The second-order valence-corrected chi connectivity index (χ2v) is 21.9. The summed E-state index contributed by atoms with van der Waals surface area (Å²) in [5.41, 5.74) is 1.68. The average molecular weight is 561 g/mol. The molecule has 2 nitrogen and oxygen atoms in total. The minimum absolute atomic E-state index is 0.0474. The standard InChI is InChI=1S/C35H52O2Si2/c1-7-38(8-2,9-3)37-32-27-30-25-29(26-31(30)28-32)19-13-12-18-24-36-39(35(4,5)6,33-20-14-10-15-21-33)34-22-16-11-17-23-34/h10-11,14-17,20-23,25,27,30-31H,7-9,12-13,18-19,24,26,28H2,1-6H3/t30-,31+/m1/s1. The zero-order chi connectivity index (χ0) is 27.9. The fourth-order valence-electron chi connectivity index (χ4n) is 7.01. The van der Waals surface area contributed by atoms with Crippen molar-refractivity contribution in [2.75, 3.05) is 6.61 Å². The van der Waals surface area contributed by atoms with E-state index in [0.717, 1.165) is 25.4 Å². The normalized spacial score (nSPS) is 19.5. The Kier molecular flexibility index (Phi) is 10.2. The van der Waals surface area contributed by atoms with Gasteiger partial charge in [-0.05, 0) is 71.2 Å². The minimum atomic E-state index is -2.41. The molecule has 0 heterocycles. The Labute approximate surface area is 241 Å². The number of hydrogen-bond acceptors (Lipinski definition) is 2. The maximum atomic E-state index is 7.08. The molecular weight excluding hydrogens is 509 g/mol. The van der Waals surface area contributed by atoms with Gasteiger partial charge in [-0.25, -0.2) is 0 Å². The van der Waals surface area contributed by atoms with Crippen LogP contribution in [0, 0.1) is 11.8 Å². The molecule has 0 amide bonds. The van der Waals surface area contributed by atoms with Crippen LogP contribution in [0.1, 0.15) is 80.1 Å². The van der Waals surface area contributed by atoms with Crippen molar-refractivity contribution >= 4 is 27.0 Å². The van der Waals surface area contributed by atoms with E-state index in [4.69, 9.17) is 8.85 Å². The molecule has 4 heteroatoms. The van der Waals surface area contributed by atoms with E-state index in [-0.39, 0.29) is 5.04 Å². The molecule has 2 aromatic carbocycles. The summed E-state index contributed by atoms with van der Waals surface area (Å²) >= 11 is 0. The summed E-state index contributed by atoms with van der Waals surface area (Å²) < 4.78 is 13.8. The SMILES string of the molecule is CC[Si](CC)(CC)OC1=C[C@H]2C=C(CCCCCO[Si](c3ccccc3)(c3ccccc3)C(C)(C)C)C[C@H]2C1. The highest BCUT2D eigenvalue weighted by Gasteiger charge is 2.50. The van der Waals surface area contributed by atoms with Crippen LogP contribution in [0.25, 0.3) is 0 Å². The van der Waals surface area contributed by atoms with Crippen LogP contribution < -0.4 is 10.4 Å². The molecule has 0 radical (unpaired) electrons. The highest BCUT2D eigenvalue weighted by Crippen LogP contribution is 2.44. The average Bonchev–Trinajstić information content (AvgIpc) is 3.50. The fourth-order valence-corrected chi connectivity index (χ4v) is 14.3. The van der Waals surface area contributed by atoms with Gasteiger partial charge in [0.1, 0.15) is 0 Å². The molecule has 2 aromatic rings. The first-order valence-corrected chi connectivity index (χ1v) is 20.0. The third kappa shape index (κ3) is 6.71. The first-order valence-electron chi connectivity index (χ1n) is 15.6. The van der Waals surface area contributed by atoms with Gasteiger partial charge in [0.05, 0.1) is 5.76 Å². The molecule has 0 unspecified atom stereocenters. The number of unbranched alkanes of at least 4 members (excludes halogenated alkanes) is 2. The van der Waals surface area contributed by atoms with Crippen molar-refractivity contribution in [3.05, 3.63) is 84.1 Å². The summed E-state index contributed by atoms with van der Waals surface area (Å²) in [7, 11) is -3.96. The van der Waals surface area contributed by atoms with Crippen molar-refractivity contribution in [3.8, 4) is 0 Å². The third-order valence-corrected chi connectivity index (χ3v) is 19.1. The lowest BCUT2D eigenvalue weighted by atomic mass is 9.97. The predicted molar refractivity (Wildman–Crippen MR) is 173 cm³/mol. The van der Waals surface area contributed by atoms with E-state index in [1.165, 1.54) is 59.9 Å². The quantitative estimate of drug-likeness (QED) is 0.130. The van der Waals surface area contributed by atoms with Crippen LogP contribution in [-0.2, 0) is 8.85 Å². The number of hydrogen-bond donors (Lipinski definition) is 0. The first-order chi connectivity index (χ1) is 18.8. The van der Waals surface area contributed by atoms with Gasteiger partial charge in [-0.15, -0.1) is 0 Å². The molecule has 4 rings (SSSR count). The molecule has 0 aromatic heterocycles. The molecule has 0 saturated heterocycles. The number of fused-ring (bicyclic) bond motifs is 1. The number of rotatable bonds is 14. The number of benzene rings is 2. The van der Waals surface area contributed by atoms with Crippen LogP contribution in [0.5, 0.6) is 0 Å². The van der Waals surface area contributed by atoms with Gasteiger partial charge in [0, 0.05) is 18.9 Å². The van der Waals surface area contributed by atoms with Crippen LogP contribution in [0.3, 0.4) is 0 Å². The summed E-state index contributed by atoms with van der Waals surface area (Å²) in [6.45, 7) is 14.9. The molecule has 0 spiro atoms. The second-order valence-electron chi connectivity index (χ2n) is 12.9. The van der Waals surface area contributed by atoms with E-state index >= 15 is 0 Å². The van der Waals surface area contributed by atoms with Gasteiger partial charge >= 0.3 is 0 Å². The monoisotopic (exact) mass is 560 g/mol. The molecule has 0 fully saturated rings. The molecule has 2 aliphatic rings. The molecule has 0 saturated carbocycles. The molecule has 0 aliphatic heterocycles. The van der Waals surface area contributed by atoms with E-state index in [9.17, 15) is 0 Å². The molecule has 0 N–H and O–H groups in total. The molecular formula is C35H52O2Si2. The van der Waals surface area contributed by atoms with Crippen molar-refractivity contribution in [2.45, 2.75) is 103 Å². The molecule has 2 atom stereocenters. The van der Waals surface area contributed by atoms with Gasteiger partial charge in [-0.3, -0.25) is 0 Å². The van der Waals surface area contributed by atoms with Crippen LogP contribution in [0.15, 0.2) is 84.1 Å². The van der Waals surface area contributed by atoms with Gasteiger partial charge in [0.25, 0.3) is 8.32 Å². The topological polar surface area (TPSA) is 18.5 Å². The Morgan fingerprint density at radius 3 is 1.85 bits per heavy atom. The summed E-state index contributed by atoms with van der Waals surface area (Å²) in [6, 6.07) is 25.7. The number of allylic oxidation sites excluding steroid dienone is 4. The lowest BCUT2D eigenvalue weighted by molar-refractivity contribution is 0.287. The Balaban J connectivity index is 1.31. The fraction of sp³-hybridized carbons (Fsp3) is 0.543. The zero-order valence-corrected chi connectivity index (χ0v) is 27.5. The van der Waals surface area contributed by atoms with Gasteiger partial charge in [-0.1, -0.05) is 120 Å². The van der Waals surface area contributed by atoms with E-state index in [1.54, 1.807) is 5.57 Å². The van der Waals surface area contributed by atoms with Crippen molar-refractivity contribution in [1.82, 2.24) is 0 Å². The van der Waals surface area contributed by atoms with E-state index < -0.39 is 16.6 Å². The molecule has 0 bridgehead atoms. The molecule has 39 heavy (non-hydrogen) atoms. The largest absolute Gasteiger partial charge is 0.547 e. The highest BCUT2D eigenvalue weighted by molar-refractivity contribution is 6.99. The highest BCUT2D eigenvalue weighted by atomic mass is 28.4. The van der Waals surface area contributed by atoms with Crippen LogP contribution in [0.4, 0.5) is 0 Å². The lowest BCUT2D eigenvalue weighted by Gasteiger charge is -2.43. The summed E-state index contributed by atoms with van der Waals surface area (Å²) in [4.78, 5) is 0. The minimum Gasteiger partial charge on any atom is -0.547 e. The molecule has 2 aliphatic carbocycles. The van der Waals surface area contributed by atoms with Crippen molar-refractivity contribution in [1.29, 1.82) is 0 Å². The third-order valence-electron chi connectivity index (χ3n) is 9.50. The summed E-state index contributed by atoms with van der Waals surface area (Å²) in [5.74, 6) is 2.69. The smallest absolute Gasteiger partial charge is 0.261 e. The van der Waals surface area contributed by atoms with E-state index in [1.807, 2.05) is 0 Å². The van der Waals surface area contributed by atoms with Crippen LogP contribution >= 0.6 is 0 Å². The van der Waals surface area contributed by atoms with Crippen molar-refractivity contribution in [3.63, 3.8) is 0 Å². The van der Waals surface area contributed by atoms with Gasteiger partial charge in [0.15, 0.2) is 0 Å². The Morgan fingerprint density at radius 2 is 1.33 bits per heavy atom. The van der Waals surface area contributed by atoms with Crippen LogP contribution in [-0.4, -0.2) is 23.2 Å². The van der Waals surface area contributed by atoms with Gasteiger partial charge < -0.3 is 8.85 Å². The molecule has 212 valence electrons. The summed E-state index contributed by atoms with van der Waals surface area (Å²) in [6.07, 6.45) is 12.3. The second kappa shape index (κ2) is 13.2. The van der Waals surface area contributed by atoms with E-state index in [0.29, 0.717) is 5.92 Å². The van der Waals surface area contributed by atoms with Crippen LogP contribution in [0.2, 0.25) is 23.2 Å². The van der Waals surface area contributed by atoms with Gasteiger partial charge in [0.2, 0.25) is 8.32 Å². The van der Waals surface area contributed by atoms with Gasteiger partial charge in [-0.2, -0.15) is 0 Å². The zero-order valence-electron chi connectivity index (χ0n) is 25.5. The predicted octanol–water partition coefficient (Wildman–Crippen LogP) is 9.00. The maximum Gasteiger partial charge on any atom is 0.261 e.